The number of nitrogens with one attached hydrogen (secondary N) is 1. The monoisotopic (exact) mass is 234 g/mol. The highest BCUT2D eigenvalue weighted by Crippen LogP contribution is 2.11. The van der Waals surface area contributed by atoms with E-state index in [2.05, 4.69) is 19.2 Å². The fraction of sp³-hybridized carbons (Fsp3) is 0.909. The van der Waals surface area contributed by atoms with Crippen molar-refractivity contribution in [2.24, 2.45) is 5.92 Å². The van der Waals surface area contributed by atoms with E-state index in [0.29, 0.717) is 18.4 Å². The van der Waals surface area contributed by atoms with Crippen LogP contribution in [0.1, 0.15) is 33.1 Å². The summed E-state index contributed by atoms with van der Waals surface area (Å²) in [5, 5.41) is 3.33. The van der Waals surface area contributed by atoms with Gasteiger partial charge in [-0.2, -0.15) is 0 Å². The Morgan fingerprint density at radius 1 is 1.53 bits per heavy atom. The summed E-state index contributed by atoms with van der Waals surface area (Å²) in [6.45, 7) is 6.23. The highest BCUT2D eigenvalue weighted by atomic mass is 35.5. The van der Waals surface area contributed by atoms with Crippen LogP contribution in [-0.4, -0.2) is 37.0 Å². The van der Waals surface area contributed by atoms with Crippen molar-refractivity contribution in [1.82, 2.24) is 10.2 Å². The normalized spacial score (nSPS) is 20.9. The molecule has 1 aliphatic heterocycles. The second-order valence-electron chi connectivity index (χ2n) is 4.60. The van der Waals surface area contributed by atoms with Gasteiger partial charge in [-0.15, -0.1) is 12.4 Å². The Bertz CT molecular complexity index is 191. The fourth-order valence-electron chi connectivity index (χ4n) is 1.86. The molecule has 1 atom stereocenters. The van der Waals surface area contributed by atoms with Crippen LogP contribution in [0.5, 0.6) is 0 Å². The van der Waals surface area contributed by atoms with Crippen molar-refractivity contribution in [2.75, 3.05) is 20.1 Å². The van der Waals surface area contributed by atoms with E-state index in [4.69, 9.17) is 0 Å². The summed E-state index contributed by atoms with van der Waals surface area (Å²) in [6, 6.07) is 0.412. The molecule has 1 N–H and O–H groups in total. The van der Waals surface area contributed by atoms with Gasteiger partial charge in [0.2, 0.25) is 5.91 Å². The average Bonchev–Trinajstić information content (AvgIpc) is 2.17. The van der Waals surface area contributed by atoms with Crippen LogP contribution in [0.25, 0.3) is 0 Å². The zero-order valence-electron chi connectivity index (χ0n) is 9.95. The number of piperidine rings is 1. The van der Waals surface area contributed by atoms with Gasteiger partial charge in [0.25, 0.3) is 0 Å². The lowest BCUT2D eigenvalue weighted by atomic mass is 10.0. The third-order valence-corrected chi connectivity index (χ3v) is 2.79. The zero-order valence-corrected chi connectivity index (χ0v) is 10.8. The van der Waals surface area contributed by atoms with Crippen LogP contribution in [0.15, 0.2) is 0 Å². The summed E-state index contributed by atoms with van der Waals surface area (Å²) >= 11 is 0. The number of hydrogen-bond acceptors (Lipinski definition) is 2. The highest BCUT2D eigenvalue weighted by molar-refractivity contribution is 5.85. The summed E-state index contributed by atoms with van der Waals surface area (Å²) in [5.74, 6) is 0.746. The molecule has 15 heavy (non-hydrogen) atoms. The standard InChI is InChI=1S/C11H22N2O.ClH/c1-9(2)7-11(14)13(3)10-5-4-6-12-8-10;/h9-10,12H,4-8H2,1-3H3;1H/t10-;/m1./s1. The van der Waals surface area contributed by atoms with E-state index in [0.717, 1.165) is 19.5 Å². The molecular weight excluding hydrogens is 212 g/mol. The molecule has 1 fully saturated rings. The van der Waals surface area contributed by atoms with E-state index in [1.165, 1.54) is 6.42 Å². The predicted octanol–water partition coefficient (Wildman–Crippen LogP) is 1.66. The minimum atomic E-state index is 0. The SMILES string of the molecule is CC(C)CC(=O)N(C)[C@@H]1CCCNC1.Cl. The molecule has 0 aromatic rings. The molecule has 1 aliphatic rings. The van der Waals surface area contributed by atoms with E-state index < -0.39 is 0 Å². The molecule has 1 rings (SSSR count). The highest BCUT2D eigenvalue weighted by Gasteiger charge is 2.21. The summed E-state index contributed by atoms with van der Waals surface area (Å²) in [7, 11) is 1.93. The number of halogens is 1. The molecule has 4 heteroatoms. The lowest BCUT2D eigenvalue weighted by molar-refractivity contribution is -0.133. The first kappa shape index (κ1) is 14.7. The largest absolute Gasteiger partial charge is 0.341 e. The molecule has 1 amide bonds. The number of likely N-dealkylation sites (N-methyl/N-ethyl adjacent to an activating group) is 1. The van der Waals surface area contributed by atoms with Crippen LogP contribution >= 0.6 is 12.4 Å². The van der Waals surface area contributed by atoms with Crippen molar-refractivity contribution < 1.29 is 4.79 Å². The smallest absolute Gasteiger partial charge is 0.222 e. The van der Waals surface area contributed by atoms with E-state index in [1.54, 1.807) is 0 Å². The number of hydrogen-bond donors (Lipinski definition) is 1. The van der Waals surface area contributed by atoms with Gasteiger partial charge in [-0.25, -0.2) is 0 Å². The van der Waals surface area contributed by atoms with E-state index in [9.17, 15) is 4.79 Å². The van der Waals surface area contributed by atoms with E-state index in [-0.39, 0.29) is 18.3 Å². The topological polar surface area (TPSA) is 32.3 Å². The molecule has 1 heterocycles. The quantitative estimate of drug-likeness (QED) is 0.806. The van der Waals surface area contributed by atoms with Gasteiger partial charge in [-0.3, -0.25) is 4.79 Å². The fourth-order valence-corrected chi connectivity index (χ4v) is 1.86. The third kappa shape index (κ3) is 4.85. The third-order valence-electron chi connectivity index (χ3n) is 2.79. The molecule has 0 aromatic carbocycles. The Morgan fingerprint density at radius 3 is 2.67 bits per heavy atom. The van der Waals surface area contributed by atoms with Crippen LogP contribution in [-0.2, 0) is 4.79 Å². The van der Waals surface area contributed by atoms with Crippen molar-refractivity contribution in [3.05, 3.63) is 0 Å². The number of amides is 1. The van der Waals surface area contributed by atoms with Crippen molar-refractivity contribution in [3.8, 4) is 0 Å². The first-order chi connectivity index (χ1) is 6.61. The summed E-state index contributed by atoms with van der Waals surface area (Å²) in [5.41, 5.74) is 0. The minimum Gasteiger partial charge on any atom is -0.341 e. The second-order valence-corrected chi connectivity index (χ2v) is 4.60. The van der Waals surface area contributed by atoms with Gasteiger partial charge < -0.3 is 10.2 Å². The average molecular weight is 235 g/mol. The molecule has 1 saturated heterocycles. The summed E-state index contributed by atoms with van der Waals surface area (Å²) in [6.07, 6.45) is 3.00. The van der Waals surface area contributed by atoms with E-state index >= 15 is 0 Å². The Balaban J connectivity index is 0.00000196. The van der Waals surface area contributed by atoms with Gasteiger partial charge in [0.05, 0.1) is 0 Å². The number of carbonyl (C=O) groups is 1. The molecule has 0 aromatic heterocycles. The van der Waals surface area contributed by atoms with E-state index in [1.807, 2.05) is 11.9 Å². The molecule has 0 unspecified atom stereocenters. The van der Waals surface area contributed by atoms with Crippen LogP contribution < -0.4 is 5.32 Å². The maximum atomic E-state index is 11.8. The predicted molar refractivity (Wildman–Crippen MR) is 65.4 cm³/mol. The minimum absolute atomic E-state index is 0. The van der Waals surface area contributed by atoms with Crippen molar-refractivity contribution in [1.29, 1.82) is 0 Å². The zero-order chi connectivity index (χ0) is 10.6. The van der Waals surface area contributed by atoms with Gasteiger partial charge in [0.15, 0.2) is 0 Å². The summed E-state index contributed by atoms with van der Waals surface area (Å²) in [4.78, 5) is 13.7. The van der Waals surface area contributed by atoms with Gasteiger partial charge >= 0.3 is 0 Å². The van der Waals surface area contributed by atoms with Crippen molar-refractivity contribution >= 4 is 18.3 Å². The molecule has 0 spiro atoms. The number of nitrogens with zero attached hydrogens (tertiary/aromatic N) is 1. The maximum Gasteiger partial charge on any atom is 0.222 e. The number of rotatable bonds is 3. The molecule has 3 nitrogen and oxygen atoms in total. The Kier molecular flexibility index (Phi) is 6.94. The first-order valence-electron chi connectivity index (χ1n) is 5.57. The van der Waals surface area contributed by atoms with Crippen LogP contribution in [0, 0.1) is 5.92 Å². The lowest BCUT2D eigenvalue weighted by Gasteiger charge is -2.32. The molecule has 0 saturated carbocycles. The van der Waals surface area contributed by atoms with Gasteiger partial charge in [-0.1, -0.05) is 13.8 Å². The molecule has 0 bridgehead atoms. The molecule has 90 valence electrons. The Morgan fingerprint density at radius 2 is 2.20 bits per heavy atom. The molecule has 0 aliphatic carbocycles. The second kappa shape index (κ2) is 7.07. The number of carbonyl (C=O) groups excluding carboxylic acids is 1. The van der Waals surface area contributed by atoms with Crippen LogP contribution in [0.2, 0.25) is 0 Å². The van der Waals surface area contributed by atoms with Crippen molar-refractivity contribution in [3.63, 3.8) is 0 Å². The van der Waals surface area contributed by atoms with Gasteiger partial charge in [0.1, 0.15) is 0 Å². The van der Waals surface area contributed by atoms with Gasteiger partial charge in [-0.05, 0) is 25.3 Å². The van der Waals surface area contributed by atoms with Crippen LogP contribution in [0.4, 0.5) is 0 Å². The van der Waals surface area contributed by atoms with Crippen LogP contribution in [0.3, 0.4) is 0 Å². The Hall–Kier alpha value is -0.280. The Labute approximate surface area is 99.0 Å². The van der Waals surface area contributed by atoms with Crippen molar-refractivity contribution in [2.45, 2.75) is 39.2 Å². The molecule has 0 radical (unpaired) electrons. The molecular formula is C11H23ClN2O. The summed E-state index contributed by atoms with van der Waals surface area (Å²) < 4.78 is 0. The van der Waals surface area contributed by atoms with Gasteiger partial charge in [0, 0.05) is 26.1 Å². The first-order valence-corrected chi connectivity index (χ1v) is 5.57. The lowest BCUT2D eigenvalue weighted by Crippen LogP contribution is -2.46. The maximum absolute atomic E-state index is 11.8.